The molecule has 3 nitrogen and oxygen atoms in total. The molecule has 2 N–H and O–H groups in total. The SMILES string of the molecule is NC(=O)[C@@H](N=Cc1ccc(Br)cc1)c1ccccc1. The van der Waals surface area contributed by atoms with Crippen molar-refractivity contribution in [3.63, 3.8) is 0 Å². The van der Waals surface area contributed by atoms with Gasteiger partial charge in [-0.15, -0.1) is 0 Å². The molecule has 19 heavy (non-hydrogen) atoms. The van der Waals surface area contributed by atoms with Crippen molar-refractivity contribution in [1.82, 2.24) is 0 Å². The smallest absolute Gasteiger partial charge is 0.246 e. The number of nitrogens with two attached hydrogens (primary N) is 1. The van der Waals surface area contributed by atoms with Crippen molar-refractivity contribution < 1.29 is 4.79 Å². The highest BCUT2D eigenvalue weighted by molar-refractivity contribution is 9.10. The van der Waals surface area contributed by atoms with Crippen LogP contribution in [0, 0.1) is 0 Å². The fraction of sp³-hybridized carbons (Fsp3) is 0.0667. The quantitative estimate of drug-likeness (QED) is 0.866. The minimum atomic E-state index is -0.648. The van der Waals surface area contributed by atoms with Crippen molar-refractivity contribution in [3.8, 4) is 0 Å². The summed E-state index contributed by atoms with van der Waals surface area (Å²) in [7, 11) is 0. The van der Waals surface area contributed by atoms with Gasteiger partial charge in [0.15, 0.2) is 6.04 Å². The first-order valence-electron chi connectivity index (χ1n) is 5.80. The number of aliphatic imine (C=N–C) groups is 1. The molecule has 2 aromatic rings. The Bertz CT molecular complexity index is 579. The summed E-state index contributed by atoms with van der Waals surface area (Å²) in [5.41, 5.74) is 7.11. The molecule has 1 amide bonds. The Kier molecular flexibility index (Phi) is 4.47. The Morgan fingerprint density at radius 3 is 2.32 bits per heavy atom. The standard InChI is InChI=1S/C15H13BrN2O/c16-13-8-6-11(7-9-13)10-18-14(15(17)19)12-4-2-1-3-5-12/h1-10,14H,(H2,17,19)/t14-/m0/s1. The predicted molar refractivity (Wildman–Crippen MR) is 80.1 cm³/mol. The number of rotatable bonds is 4. The van der Waals surface area contributed by atoms with Crippen LogP contribution < -0.4 is 5.73 Å². The first-order valence-corrected chi connectivity index (χ1v) is 6.59. The predicted octanol–water partition coefficient (Wildman–Crippen LogP) is 3.09. The van der Waals surface area contributed by atoms with Gasteiger partial charge in [-0.05, 0) is 23.3 Å². The maximum Gasteiger partial charge on any atom is 0.246 e. The molecule has 4 heteroatoms. The Balaban J connectivity index is 2.22. The molecular weight excluding hydrogens is 304 g/mol. The molecule has 96 valence electrons. The van der Waals surface area contributed by atoms with E-state index < -0.39 is 11.9 Å². The van der Waals surface area contributed by atoms with Crippen molar-refractivity contribution >= 4 is 28.1 Å². The number of halogens is 1. The van der Waals surface area contributed by atoms with E-state index in [0.717, 1.165) is 15.6 Å². The fourth-order valence-corrected chi connectivity index (χ4v) is 1.93. The van der Waals surface area contributed by atoms with E-state index >= 15 is 0 Å². The van der Waals surface area contributed by atoms with Gasteiger partial charge in [0.1, 0.15) is 0 Å². The molecule has 0 saturated heterocycles. The Labute approximate surface area is 120 Å². The summed E-state index contributed by atoms with van der Waals surface area (Å²) in [6.45, 7) is 0. The van der Waals surface area contributed by atoms with Gasteiger partial charge >= 0.3 is 0 Å². The summed E-state index contributed by atoms with van der Waals surface area (Å²) in [5.74, 6) is -0.459. The molecular formula is C15H13BrN2O. The van der Waals surface area contributed by atoms with Gasteiger partial charge in [-0.2, -0.15) is 0 Å². The van der Waals surface area contributed by atoms with E-state index in [1.807, 2.05) is 54.6 Å². The van der Waals surface area contributed by atoms with Gasteiger partial charge in [-0.3, -0.25) is 9.79 Å². The van der Waals surface area contributed by atoms with Gasteiger partial charge < -0.3 is 5.73 Å². The van der Waals surface area contributed by atoms with Gasteiger partial charge in [0.2, 0.25) is 5.91 Å². The first-order chi connectivity index (χ1) is 9.16. The number of amides is 1. The van der Waals surface area contributed by atoms with Crippen LogP contribution in [0.25, 0.3) is 0 Å². The zero-order valence-electron chi connectivity index (χ0n) is 10.2. The highest BCUT2D eigenvalue weighted by Crippen LogP contribution is 2.17. The molecule has 0 bridgehead atoms. The van der Waals surface area contributed by atoms with E-state index in [0.29, 0.717) is 0 Å². The lowest BCUT2D eigenvalue weighted by atomic mass is 10.1. The number of carbonyl (C=O) groups is 1. The monoisotopic (exact) mass is 316 g/mol. The lowest BCUT2D eigenvalue weighted by Gasteiger charge is -2.08. The molecule has 1 atom stereocenters. The largest absolute Gasteiger partial charge is 0.368 e. The molecule has 0 aliphatic rings. The maximum atomic E-state index is 11.5. The van der Waals surface area contributed by atoms with Crippen LogP contribution in [0.5, 0.6) is 0 Å². The Morgan fingerprint density at radius 2 is 1.74 bits per heavy atom. The van der Waals surface area contributed by atoms with Crippen molar-refractivity contribution in [2.45, 2.75) is 6.04 Å². The van der Waals surface area contributed by atoms with E-state index in [2.05, 4.69) is 20.9 Å². The number of hydrogen-bond acceptors (Lipinski definition) is 2. The van der Waals surface area contributed by atoms with Gasteiger partial charge in [0.25, 0.3) is 0 Å². The molecule has 0 unspecified atom stereocenters. The maximum absolute atomic E-state index is 11.5. The third-order valence-corrected chi connectivity index (χ3v) is 3.16. The molecule has 0 spiro atoms. The number of primary amides is 1. The van der Waals surface area contributed by atoms with Crippen LogP contribution in [0.1, 0.15) is 17.2 Å². The third-order valence-electron chi connectivity index (χ3n) is 2.63. The van der Waals surface area contributed by atoms with Gasteiger partial charge in [0, 0.05) is 10.7 Å². The normalized spacial score (nSPS) is 12.5. The fourth-order valence-electron chi connectivity index (χ4n) is 1.67. The second-order valence-corrected chi connectivity index (χ2v) is 4.96. The summed E-state index contributed by atoms with van der Waals surface area (Å²) < 4.78 is 0.999. The summed E-state index contributed by atoms with van der Waals surface area (Å²) in [6, 6.07) is 16.3. The second-order valence-electron chi connectivity index (χ2n) is 4.05. The van der Waals surface area contributed by atoms with E-state index in [-0.39, 0.29) is 0 Å². The van der Waals surface area contributed by atoms with Crippen LogP contribution in [0.4, 0.5) is 0 Å². The van der Waals surface area contributed by atoms with Crippen molar-refractivity contribution in [1.29, 1.82) is 0 Å². The summed E-state index contributed by atoms with van der Waals surface area (Å²) in [6.07, 6.45) is 1.66. The summed E-state index contributed by atoms with van der Waals surface area (Å²) >= 11 is 3.37. The van der Waals surface area contributed by atoms with Crippen LogP contribution in [0.3, 0.4) is 0 Å². The van der Waals surface area contributed by atoms with Crippen LogP contribution in [0.2, 0.25) is 0 Å². The van der Waals surface area contributed by atoms with Crippen molar-refractivity contribution in [2.75, 3.05) is 0 Å². The molecule has 0 saturated carbocycles. The minimum Gasteiger partial charge on any atom is -0.368 e. The Morgan fingerprint density at radius 1 is 1.11 bits per heavy atom. The van der Waals surface area contributed by atoms with E-state index in [9.17, 15) is 4.79 Å². The summed E-state index contributed by atoms with van der Waals surface area (Å²) in [5, 5.41) is 0. The van der Waals surface area contributed by atoms with E-state index in [1.54, 1.807) is 6.21 Å². The molecule has 2 rings (SSSR count). The van der Waals surface area contributed by atoms with E-state index in [4.69, 9.17) is 5.73 Å². The first kappa shape index (κ1) is 13.5. The van der Waals surface area contributed by atoms with Crippen molar-refractivity contribution in [3.05, 3.63) is 70.2 Å². The molecule has 0 aliphatic carbocycles. The lowest BCUT2D eigenvalue weighted by Crippen LogP contribution is -2.20. The zero-order chi connectivity index (χ0) is 13.7. The molecule has 0 fully saturated rings. The number of nitrogens with zero attached hydrogens (tertiary/aromatic N) is 1. The number of hydrogen-bond donors (Lipinski definition) is 1. The summed E-state index contributed by atoms with van der Waals surface area (Å²) in [4.78, 5) is 15.8. The minimum absolute atomic E-state index is 0.459. The average Bonchev–Trinajstić information content (AvgIpc) is 2.42. The van der Waals surface area contributed by atoms with Crippen LogP contribution in [0.15, 0.2) is 64.1 Å². The highest BCUT2D eigenvalue weighted by Gasteiger charge is 2.14. The van der Waals surface area contributed by atoms with Crippen molar-refractivity contribution in [2.24, 2.45) is 10.7 Å². The average molecular weight is 317 g/mol. The highest BCUT2D eigenvalue weighted by atomic mass is 79.9. The zero-order valence-corrected chi connectivity index (χ0v) is 11.7. The van der Waals surface area contributed by atoms with Crippen LogP contribution in [-0.2, 0) is 4.79 Å². The molecule has 0 heterocycles. The Hall–Kier alpha value is -1.94. The topological polar surface area (TPSA) is 55.5 Å². The van der Waals surface area contributed by atoms with Gasteiger partial charge in [-0.1, -0.05) is 58.4 Å². The second kappa shape index (κ2) is 6.29. The van der Waals surface area contributed by atoms with Crippen LogP contribution >= 0.6 is 15.9 Å². The number of benzene rings is 2. The molecule has 2 aromatic carbocycles. The third kappa shape index (κ3) is 3.76. The number of carbonyl (C=O) groups excluding carboxylic acids is 1. The molecule has 0 aromatic heterocycles. The van der Waals surface area contributed by atoms with Gasteiger partial charge in [-0.25, -0.2) is 0 Å². The van der Waals surface area contributed by atoms with Crippen LogP contribution in [-0.4, -0.2) is 12.1 Å². The lowest BCUT2D eigenvalue weighted by molar-refractivity contribution is -0.119. The molecule has 0 aliphatic heterocycles. The van der Waals surface area contributed by atoms with E-state index in [1.165, 1.54) is 0 Å². The van der Waals surface area contributed by atoms with Gasteiger partial charge in [0.05, 0.1) is 0 Å². The molecule has 0 radical (unpaired) electrons.